The molecule has 0 amide bonds. The van der Waals surface area contributed by atoms with Crippen LogP contribution in [0.3, 0.4) is 0 Å². The standard InChI is InChI=1S/C19H23NO/c1-4-12-21-13-11-17-6-9-18(10-7-17)20-19-8-5-15(2)16(3)14-19/h4-10,14,20H,1,11-13H2,2-3H3. The molecular weight excluding hydrogens is 258 g/mol. The number of ether oxygens (including phenoxy) is 1. The first kappa shape index (κ1) is 15.3. The average Bonchev–Trinajstić information content (AvgIpc) is 2.49. The zero-order chi connectivity index (χ0) is 15.1. The molecule has 0 bridgehead atoms. The predicted octanol–water partition coefficient (Wildman–Crippen LogP) is 4.79. The Morgan fingerprint density at radius 1 is 1.00 bits per heavy atom. The van der Waals surface area contributed by atoms with Crippen molar-refractivity contribution in [3.05, 3.63) is 71.8 Å². The first-order chi connectivity index (χ1) is 10.2. The number of anilines is 2. The van der Waals surface area contributed by atoms with Crippen LogP contribution >= 0.6 is 0 Å². The van der Waals surface area contributed by atoms with Crippen LogP contribution in [-0.2, 0) is 11.2 Å². The van der Waals surface area contributed by atoms with E-state index in [1.165, 1.54) is 16.7 Å². The number of benzene rings is 2. The fourth-order valence-corrected chi connectivity index (χ4v) is 2.10. The van der Waals surface area contributed by atoms with E-state index >= 15 is 0 Å². The van der Waals surface area contributed by atoms with Crippen LogP contribution in [0.5, 0.6) is 0 Å². The summed E-state index contributed by atoms with van der Waals surface area (Å²) < 4.78 is 5.40. The highest BCUT2D eigenvalue weighted by atomic mass is 16.5. The molecule has 0 aromatic heterocycles. The molecule has 0 fully saturated rings. The Morgan fingerprint density at radius 2 is 1.71 bits per heavy atom. The van der Waals surface area contributed by atoms with Crippen molar-refractivity contribution in [2.45, 2.75) is 20.3 Å². The molecule has 0 atom stereocenters. The lowest BCUT2D eigenvalue weighted by Crippen LogP contribution is -1.98. The summed E-state index contributed by atoms with van der Waals surface area (Å²) in [6.45, 7) is 9.24. The summed E-state index contributed by atoms with van der Waals surface area (Å²) >= 11 is 0. The topological polar surface area (TPSA) is 21.3 Å². The highest BCUT2D eigenvalue weighted by Gasteiger charge is 1.98. The van der Waals surface area contributed by atoms with E-state index in [2.05, 4.69) is 68.2 Å². The maximum Gasteiger partial charge on any atom is 0.0644 e. The van der Waals surface area contributed by atoms with Gasteiger partial charge < -0.3 is 10.1 Å². The molecule has 2 aromatic rings. The van der Waals surface area contributed by atoms with Crippen molar-refractivity contribution >= 4 is 11.4 Å². The number of hydrogen-bond donors (Lipinski definition) is 1. The van der Waals surface area contributed by atoms with E-state index in [9.17, 15) is 0 Å². The van der Waals surface area contributed by atoms with Gasteiger partial charge in [0.05, 0.1) is 13.2 Å². The Kier molecular flexibility index (Phi) is 5.59. The largest absolute Gasteiger partial charge is 0.377 e. The quantitative estimate of drug-likeness (QED) is 0.582. The van der Waals surface area contributed by atoms with Gasteiger partial charge in [0.1, 0.15) is 0 Å². The van der Waals surface area contributed by atoms with Crippen molar-refractivity contribution in [3.63, 3.8) is 0 Å². The minimum Gasteiger partial charge on any atom is -0.377 e. The lowest BCUT2D eigenvalue weighted by Gasteiger charge is -2.09. The molecule has 0 radical (unpaired) electrons. The molecule has 2 nitrogen and oxygen atoms in total. The van der Waals surface area contributed by atoms with Crippen LogP contribution in [0.4, 0.5) is 11.4 Å². The van der Waals surface area contributed by atoms with Crippen LogP contribution in [-0.4, -0.2) is 13.2 Å². The number of aryl methyl sites for hydroxylation is 2. The Balaban J connectivity index is 1.92. The maximum absolute atomic E-state index is 5.40. The van der Waals surface area contributed by atoms with E-state index in [0.29, 0.717) is 6.61 Å². The molecule has 0 aliphatic carbocycles. The molecule has 2 heteroatoms. The Morgan fingerprint density at radius 3 is 2.38 bits per heavy atom. The van der Waals surface area contributed by atoms with Crippen LogP contribution in [0, 0.1) is 13.8 Å². The molecule has 110 valence electrons. The van der Waals surface area contributed by atoms with E-state index in [1.807, 2.05) is 0 Å². The second kappa shape index (κ2) is 7.65. The molecule has 0 saturated carbocycles. The summed E-state index contributed by atoms with van der Waals surface area (Å²) in [7, 11) is 0. The predicted molar refractivity (Wildman–Crippen MR) is 90.4 cm³/mol. The average molecular weight is 281 g/mol. The molecular formula is C19H23NO. The monoisotopic (exact) mass is 281 g/mol. The third-order valence-corrected chi connectivity index (χ3v) is 3.52. The van der Waals surface area contributed by atoms with Crippen molar-refractivity contribution < 1.29 is 4.74 Å². The highest BCUT2D eigenvalue weighted by Crippen LogP contribution is 2.20. The first-order valence-electron chi connectivity index (χ1n) is 7.31. The van der Waals surface area contributed by atoms with Gasteiger partial charge in [-0.3, -0.25) is 0 Å². The Labute approximate surface area is 127 Å². The zero-order valence-electron chi connectivity index (χ0n) is 12.9. The molecule has 0 aliphatic heterocycles. The van der Waals surface area contributed by atoms with Gasteiger partial charge in [-0.2, -0.15) is 0 Å². The minimum atomic E-state index is 0.617. The lowest BCUT2D eigenvalue weighted by molar-refractivity contribution is 0.166. The van der Waals surface area contributed by atoms with Gasteiger partial charge in [-0.25, -0.2) is 0 Å². The van der Waals surface area contributed by atoms with Gasteiger partial charge in [0.15, 0.2) is 0 Å². The van der Waals surface area contributed by atoms with E-state index in [-0.39, 0.29) is 0 Å². The van der Waals surface area contributed by atoms with Crippen LogP contribution in [0.25, 0.3) is 0 Å². The third-order valence-electron chi connectivity index (χ3n) is 3.52. The van der Waals surface area contributed by atoms with Crippen LogP contribution in [0.15, 0.2) is 55.1 Å². The van der Waals surface area contributed by atoms with Crippen LogP contribution in [0.1, 0.15) is 16.7 Å². The molecule has 2 aromatic carbocycles. The normalized spacial score (nSPS) is 10.4. The maximum atomic E-state index is 5.40. The molecule has 0 aliphatic rings. The van der Waals surface area contributed by atoms with Gasteiger partial charge in [0.25, 0.3) is 0 Å². The molecule has 0 saturated heterocycles. The van der Waals surface area contributed by atoms with E-state index in [4.69, 9.17) is 4.74 Å². The van der Waals surface area contributed by atoms with Crippen molar-refractivity contribution in [2.75, 3.05) is 18.5 Å². The summed E-state index contributed by atoms with van der Waals surface area (Å²) in [5.74, 6) is 0. The van der Waals surface area contributed by atoms with Gasteiger partial charge in [0.2, 0.25) is 0 Å². The first-order valence-corrected chi connectivity index (χ1v) is 7.31. The van der Waals surface area contributed by atoms with Gasteiger partial charge in [-0.1, -0.05) is 24.3 Å². The van der Waals surface area contributed by atoms with Crippen molar-refractivity contribution in [2.24, 2.45) is 0 Å². The summed E-state index contributed by atoms with van der Waals surface area (Å²) in [5, 5.41) is 3.43. The second-order valence-corrected chi connectivity index (χ2v) is 5.23. The summed E-state index contributed by atoms with van der Waals surface area (Å²) in [4.78, 5) is 0. The van der Waals surface area contributed by atoms with Crippen LogP contribution in [0.2, 0.25) is 0 Å². The van der Waals surface area contributed by atoms with Gasteiger partial charge in [0, 0.05) is 11.4 Å². The fourth-order valence-electron chi connectivity index (χ4n) is 2.10. The van der Waals surface area contributed by atoms with E-state index in [1.54, 1.807) is 6.08 Å². The summed E-state index contributed by atoms with van der Waals surface area (Å²) in [6, 6.07) is 14.9. The zero-order valence-corrected chi connectivity index (χ0v) is 12.9. The van der Waals surface area contributed by atoms with E-state index in [0.717, 1.165) is 24.4 Å². The third kappa shape index (κ3) is 4.76. The minimum absolute atomic E-state index is 0.617. The smallest absolute Gasteiger partial charge is 0.0644 e. The molecule has 0 spiro atoms. The number of hydrogen-bond acceptors (Lipinski definition) is 2. The molecule has 0 heterocycles. The molecule has 0 unspecified atom stereocenters. The van der Waals surface area contributed by atoms with Crippen LogP contribution < -0.4 is 5.32 Å². The molecule has 21 heavy (non-hydrogen) atoms. The van der Waals surface area contributed by atoms with E-state index < -0.39 is 0 Å². The van der Waals surface area contributed by atoms with Gasteiger partial charge in [-0.05, 0) is 61.2 Å². The molecule has 1 N–H and O–H groups in total. The fraction of sp³-hybridized carbons (Fsp3) is 0.263. The highest BCUT2D eigenvalue weighted by molar-refractivity contribution is 5.61. The Bertz CT molecular complexity index is 587. The number of nitrogens with one attached hydrogen (secondary N) is 1. The van der Waals surface area contributed by atoms with Gasteiger partial charge >= 0.3 is 0 Å². The Hall–Kier alpha value is -2.06. The van der Waals surface area contributed by atoms with Crippen molar-refractivity contribution in [1.82, 2.24) is 0 Å². The van der Waals surface area contributed by atoms with Crippen molar-refractivity contribution in [1.29, 1.82) is 0 Å². The number of rotatable bonds is 7. The SMILES string of the molecule is C=CCOCCc1ccc(Nc2ccc(C)c(C)c2)cc1. The second-order valence-electron chi connectivity index (χ2n) is 5.23. The van der Waals surface area contributed by atoms with Gasteiger partial charge in [-0.15, -0.1) is 6.58 Å². The molecule has 2 rings (SSSR count). The summed E-state index contributed by atoms with van der Waals surface area (Å²) in [6.07, 6.45) is 2.70. The summed E-state index contributed by atoms with van der Waals surface area (Å²) in [5.41, 5.74) is 6.13. The lowest BCUT2D eigenvalue weighted by atomic mass is 10.1. The van der Waals surface area contributed by atoms with Crippen molar-refractivity contribution in [3.8, 4) is 0 Å².